The van der Waals surface area contributed by atoms with Crippen LogP contribution in [0.4, 0.5) is 10.1 Å². The Morgan fingerprint density at radius 2 is 1.57 bits per heavy atom. The van der Waals surface area contributed by atoms with E-state index < -0.39 is 0 Å². The van der Waals surface area contributed by atoms with E-state index in [1.807, 2.05) is 53.1 Å². The summed E-state index contributed by atoms with van der Waals surface area (Å²) in [6, 6.07) is 24.8. The van der Waals surface area contributed by atoms with Crippen molar-refractivity contribution in [2.75, 3.05) is 5.32 Å². The monoisotopic (exact) mass is 418 g/mol. The molecule has 150 valence electrons. The van der Waals surface area contributed by atoms with Gasteiger partial charge in [-0.1, -0.05) is 48.5 Å². The summed E-state index contributed by atoms with van der Waals surface area (Å²) >= 11 is 5.65. The second-order valence-electron chi connectivity index (χ2n) is 6.68. The SMILES string of the molecule is O=C(Cn1nc(CNc2ccc(F)cc2)n(-c2ccccc2)c1=S)c1ccccc1. The molecule has 0 fully saturated rings. The minimum Gasteiger partial charge on any atom is -0.378 e. The number of nitrogens with one attached hydrogen (secondary N) is 1. The number of nitrogens with zero attached hydrogens (tertiary/aromatic N) is 3. The summed E-state index contributed by atoms with van der Waals surface area (Å²) in [4.78, 5) is 12.7. The van der Waals surface area contributed by atoms with Crippen LogP contribution < -0.4 is 5.32 Å². The van der Waals surface area contributed by atoms with E-state index in [-0.39, 0.29) is 18.1 Å². The van der Waals surface area contributed by atoms with E-state index >= 15 is 0 Å². The predicted molar refractivity (Wildman–Crippen MR) is 117 cm³/mol. The Bertz CT molecular complexity index is 1200. The smallest absolute Gasteiger partial charge is 0.203 e. The van der Waals surface area contributed by atoms with Gasteiger partial charge in [0.1, 0.15) is 12.4 Å². The Balaban J connectivity index is 1.65. The maximum Gasteiger partial charge on any atom is 0.203 e. The number of ketones is 1. The van der Waals surface area contributed by atoms with Crippen LogP contribution in [0.3, 0.4) is 0 Å². The number of Topliss-reactive ketones (excluding diaryl/α,β-unsaturated/α-hetero) is 1. The Labute approximate surface area is 178 Å². The average molecular weight is 418 g/mol. The first-order chi connectivity index (χ1) is 14.6. The fraction of sp³-hybridized carbons (Fsp3) is 0.0870. The molecule has 5 nitrogen and oxygen atoms in total. The number of aromatic nitrogens is 3. The number of halogens is 1. The molecule has 4 aromatic rings. The van der Waals surface area contributed by atoms with Crippen molar-refractivity contribution in [1.29, 1.82) is 0 Å². The lowest BCUT2D eigenvalue weighted by molar-refractivity contribution is 0.0967. The van der Waals surface area contributed by atoms with Gasteiger partial charge in [-0.25, -0.2) is 9.07 Å². The third kappa shape index (κ3) is 4.36. The van der Waals surface area contributed by atoms with Gasteiger partial charge in [-0.15, -0.1) is 0 Å². The molecule has 0 aliphatic heterocycles. The molecule has 0 atom stereocenters. The summed E-state index contributed by atoms with van der Waals surface area (Å²) in [5.74, 6) is 0.287. The lowest BCUT2D eigenvalue weighted by Gasteiger charge is -2.08. The third-order valence-electron chi connectivity index (χ3n) is 4.60. The van der Waals surface area contributed by atoms with Gasteiger partial charge in [0.2, 0.25) is 4.77 Å². The highest BCUT2D eigenvalue weighted by atomic mass is 32.1. The third-order valence-corrected chi connectivity index (χ3v) is 5.00. The first-order valence-electron chi connectivity index (χ1n) is 9.43. The molecule has 0 aliphatic rings. The highest BCUT2D eigenvalue weighted by molar-refractivity contribution is 7.71. The molecule has 1 heterocycles. The minimum absolute atomic E-state index is 0.0478. The highest BCUT2D eigenvalue weighted by Gasteiger charge is 2.15. The van der Waals surface area contributed by atoms with Crippen LogP contribution in [0.1, 0.15) is 16.2 Å². The second kappa shape index (κ2) is 8.84. The molecule has 0 bridgehead atoms. The fourth-order valence-corrected chi connectivity index (χ4v) is 3.42. The molecule has 1 N–H and O–H groups in total. The van der Waals surface area contributed by atoms with Crippen molar-refractivity contribution >= 4 is 23.7 Å². The first kappa shape index (κ1) is 19.7. The van der Waals surface area contributed by atoms with Gasteiger partial charge < -0.3 is 5.32 Å². The molecule has 0 unspecified atom stereocenters. The number of rotatable bonds is 7. The van der Waals surface area contributed by atoms with Gasteiger partial charge in [0.05, 0.1) is 6.54 Å². The van der Waals surface area contributed by atoms with Gasteiger partial charge >= 0.3 is 0 Å². The maximum atomic E-state index is 13.2. The number of benzene rings is 3. The Hall–Kier alpha value is -3.58. The van der Waals surface area contributed by atoms with E-state index in [0.29, 0.717) is 22.7 Å². The Kier molecular flexibility index (Phi) is 5.81. The van der Waals surface area contributed by atoms with Gasteiger partial charge in [0, 0.05) is 16.9 Å². The van der Waals surface area contributed by atoms with Crippen molar-refractivity contribution in [2.45, 2.75) is 13.1 Å². The lowest BCUT2D eigenvalue weighted by atomic mass is 10.1. The fourth-order valence-electron chi connectivity index (χ4n) is 3.11. The molecular weight excluding hydrogens is 399 g/mol. The molecule has 0 amide bonds. The number of carbonyl (C=O) groups excluding carboxylic acids is 1. The van der Waals surface area contributed by atoms with E-state index in [0.717, 1.165) is 11.4 Å². The summed E-state index contributed by atoms with van der Waals surface area (Å²) in [5.41, 5.74) is 2.23. The number of carbonyl (C=O) groups is 1. The van der Waals surface area contributed by atoms with Crippen LogP contribution in [-0.2, 0) is 13.1 Å². The zero-order chi connectivity index (χ0) is 20.9. The summed E-state index contributed by atoms with van der Waals surface area (Å²) < 4.78 is 17.0. The number of anilines is 1. The van der Waals surface area contributed by atoms with Gasteiger partial charge in [-0.05, 0) is 48.6 Å². The van der Waals surface area contributed by atoms with Gasteiger partial charge in [0.25, 0.3) is 0 Å². The molecule has 7 heteroatoms. The molecular formula is C23H19FN4OS. The molecule has 0 aliphatic carbocycles. The minimum atomic E-state index is -0.295. The lowest BCUT2D eigenvalue weighted by Crippen LogP contribution is -2.12. The zero-order valence-corrected chi connectivity index (χ0v) is 16.8. The van der Waals surface area contributed by atoms with Crippen LogP contribution in [0.5, 0.6) is 0 Å². The van der Waals surface area contributed by atoms with E-state index in [1.54, 1.807) is 28.9 Å². The predicted octanol–water partition coefficient (Wildman–Crippen LogP) is 5.04. The molecule has 3 aromatic carbocycles. The van der Waals surface area contributed by atoms with Crippen LogP contribution in [0, 0.1) is 10.6 Å². The normalized spacial score (nSPS) is 10.7. The molecule has 4 rings (SSSR count). The van der Waals surface area contributed by atoms with Crippen molar-refractivity contribution < 1.29 is 9.18 Å². The molecule has 0 saturated heterocycles. The summed E-state index contributed by atoms with van der Waals surface area (Å²) in [6.07, 6.45) is 0. The van der Waals surface area contributed by atoms with E-state index in [1.165, 1.54) is 12.1 Å². The first-order valence-corrected chi connectivity index (χ1v) is 9.84. The second-order valence-corrected chi connectivity index (χ2v) is 7.04. The molecule has 0 spiro atoms. The van der Waals surface area contributed by atoms with Crippen LogP contribution >= 0.6 is 12.2 Å². The van der Waals surface area contributed by atoms with E-state index in [2.05, 4.69) is 10.4 Å². The molecule has 1 aromatic heterocycles. The Morgan fingerprint density at radius 3 is 2.23 bits per heavy atom. The van der Waals surface area contributed by atoms with Gasteiger partial charge in [-0.2, -0.15) is 5.10 Å². The standard InChI is InChI=1S/C23H19FN4OS/c24-18-11-13-19(14-12-18)25-15-22-26-27(16-21(29)17-7-3-1-4-8-17)23(30)28(22)20-9-5-2-6-10-20/h1-14,25H,15-16H2. The Morgan fingerprint density at radius 1 is 0.933 bits per heavy atom. The van der Waals surface area contributed by atoms with Crippen LogP contribution in [-0.4, -0.2) is 20.1 Å². The zero-order valence-electron chi connectivity index (χ0n) is 16.0. The molecule has 0 saturated carbocycles. The van der Waals surface area contributed by atoms with Gasteiger partial charge in [0.15, 0.2) is 11.6 Å². The highest BCUT2D eigenvalue weighted by Crippen LogP contribution is 2.16. The summed E-state index contributed by atoms with van der Waals surface area (Å²) in [7, 11) is 0. The summed E-state index contributed by atoms with van der Waals surface area (Å²) in [5, 5.41) is 7.83. The quantitative estimate of drug-likeness (QED) is 0.338. The van der Waals surface area contributed by atoms with E-state index in [4.69, 9.17) is 12.2 Å². The van der Waals surface area contributed by atoms with Crippen molar-refractivity contribution in [2.24, 2.45) is 0 Å². The average Bonchev–Trinajstić information content (AvgIpc) is 3.09. The number of hydrogen-bond acceptors (Lipinski definition) is 4. The van der Waals surface area contributed by atoms with Crippen LogP contribution in [0.15, 0.2) is 84.9 Å². The van der Waals surface area contributed by atoms with Crippen molar-refractivity contribution in [3.05, 3.63) is 107 Å². The maximum absolute atomic E-state index is 13.2. The molecule has 0 radical (unpaired) electrons. The van der Waals surface area contributed by atoms with E-state index in [9.17, 15) is 9.18 Å². The summed E-state index contributed by atoms with van der Waals surface area (Å²) in [6.45, 7) is 0.406. The van der Waals surface area contributed by atoms with Gasteiger partial charge in [-0.3, -0.25) is 9.36 Å². The number of para-hydroxylation sites is 1. The van der Waals surface area contributed by atoms with Crippen molar-refractivity contribution in [3.63, 3.8) is 0 Å². The number of hydrogen-bond donors (Lipinski definition) is 1. The van der Waals surface area contributed by atoms with Crippen molar-refractivity contribution in [1.82, 2.24) is 14.3 Å². The molecule has 30 heavy (non-hydrogen) atoms. The van der Waals surface area contributed by atoms with Crippen LogP contribution in [0.2, 0.25) is 0 Å². The topological polar surface area (TPSA) is 51.9 Å². The van der Waals surface area contributed by atoms with Crippen LogP contribution in [0.25, 0.3) is 5.69 Å². The van der Waals surface area contributed by atoms with Crippen molar-refractivity contribution in [3.8, 4) is 5.69 Å². The largest absolute Gasteiger partial charge is 0.378 e.